The Morgan fingerprint density at radius 3 is 2.68 bits per heavy atom. The van der Waals surface area contributed by atoms with E-state index >= 15 is 0 Å². The molecule has 2 rings (SSSR count). The van der Waals surface area contributed by atoms with Crippen LogP contribution in [-0.2, 0) is 6.42 Å². The normalized spacial score (nSPS) is 16.5. The summed E-state index contributed by atoms with van der Waals surface area (Å²) >= 11 is 0. The Bertz CT molecular complexity index is 383. The zero-order chi connectivity index (χ0) is 13.5. The molecule has 1 aliphatic carbocycles. The molecule has 1 aromatic carbocycles. The van der Waals surface area contributed by atoms with Gasteiger partial charge in [-0.05, 0) is 55.3 Å². The highest BCUT2D eigenvalue weighted by atomic mass is 16.5. The van der Waals surface area contributed by atoms with E-state index in [2.05, 4.69) is 25.1 Å². The van der Waals surface area contributed by atoms with Crippen LogP contribution in [0.4, 0.5) is 0 Å². The summed E-state index contributed by atoms with van der Waals surface area (Å²) in [6, 6.07) is 6.76. The van der Waals surface area contributed by atoms with Crippen LogP contribution in [-0.4, -0.2) is 13.2 Å². The molecule has 1 aromatic rings. The maximum atomic E-state index is 5.83. The lowest BCUT2D eigenvalue weighted by atomic mass is 9.83. The molecule has 0 saturated heterocycles. The van der Waals surface area contributed by atoms with Gasteiger partial charge in [0.1, 0.15) is 5.75 Å². The number of nitrogens with two attached hydrogens (primary N) is 1. The van der Waals surface area contributed by atoms with Gasteiger partial charge in [-0.25, -0.2) is 0 Å². The first kappa shape index (κ1) is 14.4. The minimum Gasteiger partial charge on any atom is -0.493 e. The molecule has 1 fully saturated rings. The fraction of sp³-hybridized carbons (Fsp3) is 0.647. The maximum absolute atomic E-state index is 5.83. The SMILES string of the molecule is CCCOc1ccc(C2CCCCC2)cc1CCN. The van der Waals surface area contributed by atoms with Crippen LogP contribution in [0.15, 0.2) is 18.2 Å². The van der Waals surface area contributed by atoms with Gasteiger partial charge >= 0.3 is 0 Å². The summed E-state index contributed by atoms with van der Waals surface area (Å²) in [6.07, 6.45) is 8.82. The van der Waals surface area contributed by atoms with E-state index < -0.39 is 0 Å². The molecule has 0 spiro atoms. The molecular weight excluding hydrogens is 234 g/mol. The number of ether oxygens (including phenoxy) is 1. The molecule has 2 N–H and O–H groups in total. The fourth-order valence-corrected chi connectivity index (χ4v) is 2.99. The van der Waals surface area contributed by atoms with Crippen molar-refractivity contribution >= 4 is 0 Å². The van der Waals surface area contributed by atoms with Gasteiger partial charge in [-0.3, -0.25) is 0 Å². The summed E-state index contributed by atoms with van der Waals surface area (Å²) in [5.74, 6) is 1.79. The molecule has 1 saturated carbocycles. The maximum Gasteiger partial charge on any atom is 0.122 e. The molecule has 0 bridgehead atoms. The third-order valence-electron chi connectivity index (χ3n) is 4.04. The topological polar surface area (TPSA) is 35.2 Å². The van der Waals surface area contributed by atoms with E-state index in [-0.39, 0.29) is 0 Å². The van der Waals surface area contributed by atoms with Crippen molar-refractivity contribution < 1.29 is 4.74 Å². The number of hydrogen-bond donors (Lipinski definition) is 1. The van der Waals surface area contributed by atoms with Crippen LogP contribution < -0.4 is 10.5 Å². The van der Waals surface area contributed by atoms with Gasteiger partial charge in [-0.2, -0.15) is 0 Å². The summed E-state index contributed by atoms with van der Waals surface area (Å²) in [6.45, 7) is 3.62. The Morgan fingerprint density at radius 2 is 2.00 bits per heavy atom. The molecule has 0 aliphatic heterocycles. The minimum atomic E-state index is 0.691. The summed E-state index contributed by atoms with van der Waals surface area (Å²) in [5, 5.41) is 0. The van der Waals surface area contributed by atoms with Crippen molar-refractivity contribution in [3.05, 3.63) is 29.3 Å². The first-order chi connectivity index (χ1) is 9.35. The van der Waals surface area contributed by atoms with Gasteiger partial charge in [0.05, 0.1) is 6.61 Å². The smallest absolute Gasteiger partial charge is 0.122 e. The summed E-state index contributed by atoms with van der Waals surface area (Å²) < 4.78 is 5.83. The molecule has 0 atom stereocenters. The number of benzene rings is 1. The second kappa shape index (κ2) is 7.54. The van der Waals surface area contributed by atoms with Crippen LogP contribution in [0.3, 0.4) is 0 Å². The molecule has 0 unspecified atom stereocenters. The highest BCUT2D eigenvalue weighted by Gasteiger charge is 2.16. The highest BCUT2D eigenvalue weighted by molar-refractivity contribution is 5.39. The van der Waals surface area contributed by atoms with E-state index in [0.29, 0.717) is 6.54 Å². The Balaban J connectivity index is 2.14. The van der Waals surface area contributed by atoms with E-state index in [4.69, 9.17) is 10.5 Å². The van der Waals surface area contributed by atoms with Crippen LogP contribution in [0.25, 0.3) is 0 Å². The lowest BCUT2D eigenvalue weighted by Gasteiger charge is -2.23. The van der Waals surface area contributed by atoms with Crippen molar-refractivity contribution in [3.8, 4) is 5.75 Å². The van der Waals surface area contributed by atoms with E-state index in [1.165, 1.54) is 43.2 Å². The van der Waals surface area contributed by atoms with Crippen LogP contribution in [0.2, 0.25) is 0 Å². The molecule has 0 radical (unpaired) electrons. The van der Waals surface area contributed by atoms with Gasteiger partial charge in [-0.1, -0.05) is 38.3 Å². The molecule has 0 aromatic heterocycles. The molecule has 19 heavy (non-hydrogen) atoms. The number of hydrogen-bond acceptors (Lipinski definition) is 2. The van der Waals surface area contributed by atoms with Gasteiger partial charge < -0.3 is 10.5 Å². The van der Waals surface area contributed by atoms with Crippen molar-refractivity contribution in [2.45, 2.75) is 57.8 Å². The van der Waals surface area contributed by atoms with E-state index in [9.17, 15) is 0 Å². The van der Waals surface area contributed by atoms with Gasteiger partial charge in [0, 0.05) is 0 Å². The van der Waals surface area contributed by atoms with E-state index in [0.717, 1.165) is 31.1 Å². The molecule has 0 heterocycles. The van der Waals surface area contributed by atoms with Gasteiger partial charge in [-0.15, -0.1) is 0 Å². The monoisotopic (exact) mass is 261 g/mol. The second-order valence-electron chi connectivity index (χ2n) is 5.59. The third-order valence-corrected chi connectivity index (χ3v) is 4.04. The van der Waals surface area contributed by atoms with Crippen molar-refractivity contribution in [1.82, 2.24) is 0 Å². The molecular formula is C17H27NO. The Labute approximate surface area is 117 Å². The Hall–Kier alpha value is -1.02. The zero-order valence-corrected chi connectivity index (χ0v) is 12.2. The lowest BCUT2D eigenvalue weighted by Crippen LogP contribution is -2.09. The van der Waals surface area contributed by atoms with E-state index in [1.54, 1.807) is 0 Å². The van der Waals surface area contributed by atoms with Crippen molar-refractivity contribution in [2.75, 3.05) is 13.2 Å². The first-order valence-corrected chi connectivity index (χ1v) is 7.80. The quantitative estimate of drug-likeness (QED) is 0.839. The second-order valence-corrected chi connectivity index (χ2v) is 5.59. The average Bonchev–Trinajstić information content (AvgIpc) is 2.47. The van der Waals surface area contributed by atoms with Crippen molar-refractivity contribution in [2.24, 2.45) is 5.73 Å². The largest absolute Gasteiger partial charge is 0.493 e. The summed E-state index contributed by atoms with van der Waals surface area (Å²) in [5.41, 5.74) is 8.51. The predicted molar refractivity (Wildman–Crippen MR) is 80.8 cm³/mol. The Kier molecular flexibility index (Phi) is 5.71. The van der Waals surface area contributed by atoms with Crippen LogP contribution >= 0.6 is 0 Å². The highest BCUT2D eigenvalue weighted by Crippen LogP contribution is 2.34. The van der Waals surface area contributed by atoms with Gasteiger partial charge in [0.15, 0.2) is 0 Å². The summed E-state index contributed by atoms with van der Waals surface area (Å²) in [4.78, 5) is 0. The van der Waals surface area contributed by atoms with Crippen molar-refractivity contribution in [3.63, 3.8) is 0 Å². The molecule has 2 heteroatoms. The Morgan fingerprint density at radius 1 is 1.21 bits per heavy atom. The van der Waals surface area contributed by atoms with Crippen LogP contribution in [0, 0.1) is 0 Å². The van der Waals surface area contributed by atoms with Gasteiger partial charge in [0.2, 0.25) is 0 Å². The molecule has 106 valence electrons. The first-order valence-electron chi connectivity index (χ1n) is 7.80. The average molecular weight is 261 g/mol. The lowest BCUT2D eigenvalue weighted by molar-refractivity contribution is 0.314. The van der Waals surface area contributed by atoms with Crippen LogP contribution in [0.5, 0.6) is 5.75 Å². The molecule has 0 amide bonds. The van der Waals surface area contributed by atoms with Crippen molar-refractivity contribution in [1.29, 1.82) is 0 Å². The molecule has 1 aliphatic rings. The minimum absolute atomic E-state index is 0.691. The zero-order valence-electron chi connectivity index (χ0n) is 12.2. The van der Waals surface area contributed by atoms with Gasteiger partial charge in [0.25, 0.3) is 0 Å². The predicted octanol–water partition coefficient (Wildman–Crippen LogP) is 4.02. The standard InChI is InChI=1S/C17H27NO/c1-2-12-19-17-9-8-15(13-16(17)10-11-18)14-6-4-3-5-7-14/h8-9,13-14H,2-7,10-12,18H2,1H3. The fourth-order valence-electron chi connectivity index (χ4n) is 2.99. The van der Waals surface area contributed by atoms with E-state index in [1.807, 2.05) is 0 Å². The third kappa shape index (κ3) is 3.97. The molecule has 2 nitrogen and oxygen atoms in total. The number of rotatable bonds is 6. The summed E-state index contributed by atoms with van der Waals surface area (Å²) in [7, 11) is 0. The van der Waals surface area contributed by atoms with Crippen LogP contribution in [0.1, 0.15) is 62.5 Å².